The monoisotopic (exact) mass is 482 g/mol. The van der Waals surface area contributed by atoms with Gasteiger partial charge < -0.3 is 14.5 Å². The Kier molecular flexibility index (Phi) is 8.29. The Bertz CT molecular complexity index is 898. The van der Waals surface area contributed by atoms with Crippen molar-refractivity contribution >= 4 is 18.3 Å². The fourth-order valence-electron chi connectivity index (χ4n) is 4.88. The molecule has 1 spiro atoms. The highest BCUT2D eigenvalue weighted by atomic mass is 35.5. The van der Waals surface area contributed by atoms with Gasteiger partial charge in [0.25, 0.3) is 0 Å². The Labute approximate surface area is 199 Å². The molecule has 0 atom stereocenters. The minimum absolute atomic E-state index is 0. The van der Waals surface area contributed by atoms with Crippen molar-refractivity contribution in [2.24, 2.45) is 5.41 Å². The number of amides is 1. The number of nitrogens with zero attached hydrogens (tertiary/aromatic N) is 2. The Morgan fingerprint density at radius 1 is 0.879 bits per heavy atom. The predicted octanol–water partition coefficient (Wildman–Crippen LogP) is 5.45. The second kappa shape index (κ2) is 10.8. The zero-order valence-corrected chi connectivity index (χ0v) is 19.3. The highest BCUT2D eigenvalue weighted by molar-refractivity contribution is 5.85. The molecule has 2 aliphatic heterocycles. The maximum absolute atomic E-state index is 13.2. The molecule has 0 unspecified atom stereocenters. The van der Waals surface area contributed by atoms with Gasteiger partial charge in [0, 0.05) is 13.1 Å². The highest BCUT2D eigenvalue weighted by Gasteiger charge is 2.47. The zero-order valence-electron chi connectivity index (χ0n) is 18.5. The maximum atomic E-state index is 13.2. The van der Waals surface area contributed by atoms with Crippen LogP contribution in [0.4, 0.5) is 13.2 Å². The van der Waals surface area contributed by atoms with Crippen LogP contribution < -0.4 is 4.74 Å². The van der Waals surface area contributed by atoms with Gasteiger partial charge in [-0.1, -0.05) is 42.5 Å². The number of benzene rings is 2. The standard InChI is InChI=1S/C25H29F3N2O2.ClH/c26-25(27,28)32-22-10-8-21(9-11-22)19-30-18-14-24(23(30)31)12-16-29(17-13-24)15-4-7-20-5-2-1-3-6-20;/h1-3,5-6,8-11H,4,7,12-19H2;1H. The summed E-state index contributed by atoms with van der Waals surface area (Å²) >= 11 is 0. The second-order valence-electron chi connectivity index (χ2n) is 8.88. The van der Waals surface area contributed by atoms with Gasteiger partial charge in [-0.05, 0) is 75.0 Å². The molecule has 33 heavy (non-hydrogen) atoms. The normalized spacial score (nSPS) is 18.4. The third kappa shape index (κ3) is 6.64. The fraction of sp³-hybridized carbons (Fsp3) is 0.480. The highest BCUT2D eigenvalue weighted by Crippen LogP contribution is 2.42. The number of rotatable bonds is 7. The van der Waals surface area contributed by atoms with E-state index >= 15 is 0 Å². The number of alkyl halides is 3. The van der Waals surface area contributed by atoms with Gasteiger partial charge in [0.05, 0.1) is 5.41 Å². The smallest absolute Gasteiger partial charge is 0.406 e. The van der Waals surface area contributed by atoms with Crippen LogP contribution in [0.5, 0.6) is 5.75 Å². The van der Waals surface area contributed by atoms with Crippen LogP contribution in [0.2, 0.25) is 0 Å². The summed E-state index contributed by atoms with van der Waals surface area (Å²) in [4.78, 5) is 17.5. The molecule has 0 saturated carbocycles. The third-order valence-corrected chi connectivity index (χ3v) is 6.73. The first-order chi connectivity index (χ1) is 15.3. The van der Waals surface area contributed by atoms with Crippen LogP contribution in [0.1, 0.15) is 36.8 Å². The molecule has 2 fully saturated rings. The second-order valence-corrected chi connectivity index (χ2v) is 8.88. The topological polar surface area (TPSA) is 32.8 Å². The molecule has 2 heterocycles. The van der Waals surface area contributed by atoms with Gasteiger partial charge in [-0.25, -0.2) is 0 Å². The van der Waals surface area contributed by atoms with E-state index in [2.05, 4.69) is 33.9 Å². The molecule has 2 aliphatic rings. The summed E-state index contributed by atoms with van der Waals surface area (Å²) < 4.78 is 40.9. The number of carbonyl (C=O) groups excluding carboxylic acids is 1. The maximum Gasteiger partial charge on any atom is 0.573 e. The number of ether oxygens (including phenoxy) is 1. The molecule has 2 aromatic rings. The van der Waals surface area contributed by atoms with Crippen molar-refractivity contribution < 1.29 is 22.7 Å². The fourth-order valence-corrected chi connectivity index (χ4v) is 4.88. The first-order valence-electron chi connectivity index (χ1n) is 11.2. The molecule has 4 rings (SSSR count). The summed E-state index contributed by atoms with van der Waals surface area (Å²) in [5.74, 6) is -0.0536. The predicted molar refractivity (Wildman–Crippen MR) is 123 cm³/mol. The van der Waals surface area contributed by atoms with Crippen molar-refractivity contribution in [3.05, 3.63) is 65.7 Å². The van der Waals surface area contributed by atoms with Crippen LogP contribution in [-0.4, -0.2) is 48.2 Å². The molecule has 4 nitrogen and oxygen atoms in total. The quantitative estimate of drug-likeness (QED) is 0.525. The number of piperidine rings is 1. The van der Waals surface area contributed by atoms with Crippen molar-refractivity contribution in [1.29, 1.82) is 0 Å². The molecule has 0 N–H and O–H groups in total. The molecule has 180 valence electrons. The Morgan fingerprint density at radius 3 is 2.15 bits per heavy atom. The van der Waals surface area contributed by atoms with Crippen LogP contribution >= 0.6 is 12.4 Å². The van der Waals surface area contributed by atoms with Gasteiger partial charge in [-0.3, -0.25) is 4.79 Å². The van der Waals surface area contributed by atoms with E-state index in [-0.39, 0.29) is 29.5 Å². The summed E-state index contributed by atoms with van der Waals surface area (Å²) in [7, 11) is 0. The van der Waals surface area contributed by atoms with Crippen LogP contribution in [0.15, 0.2) is 54.6 Å². The number of halogens is 4. The van der Waals surface area contributed by atoms with Gasteiger partial charge in [-0.15, -0.1) is 25.6 Å². The van der Waals surface area contributed by atoms with E-state index in [9.17, 15) is 18.0 Å². The molecule has 2 saturated heterocycles. The van der Waals surface area contributed by atoms with Gasteiger partial charge in [-0.2, -0.15) is 0 Å². The van der Waals surface area contributed by atoms with E-state index in [0.717, 1.165) is 57.3 Å². The van der Waals surface area contributed by atoms with E-state index in [1.54, 1.807) is 12.1 Å². The van der Waals surface area contributed by atoms with E-state index in [1.165, 1.54) is 17.7 Å². The minimum Gasteiger partial charge on any atom is -0.406 e. The number of carbonyl (C=O) groups is 1. The summed E-state index contributed by atoms with van der Waals surface area (Å²) in [5.41, 5.74) is 1.90. The van der Waals surface area contributed by atoms with Crippen LogP contribution in [-0.2, 0) is 17.8 Å². The van der Waals surface area contributed by atoms with E-state index < -0.39 is 6.36 Å². The molecule has 0 aliphatic carbocycles. The van der Waals surface area contributed by atoms with E-state index in [4.69, 9.17) is 0 Å². The molecular weight excluding hydrogens is 453 g/mol. The van der Waals surface area contributed by atoms with E-state index in [1.807, 2.05) is 11.0 Å². The lowest BCUT2D eigenvalue weighted by Crippen LogP contribution is -2.44. The lowest BCUT2D eigenvalue weighted by atomic mass is 9.77. The van der Waals surface area contributed by atoms with Gasteiger partial charge in [0.2, 0.25) is 5.91 Å². The first-order valence-corrected chi connectivity index (χ1v) is 11.2. The average Bonchev–Trinajstić information content (AvgIpc) is 3.06. The Morgan fingerprint density at radius 2 is 1.52 bits per heavy atom. The van der Waals surface area contributed by atoms with E-state index in [0.29, 0.717) is 13.1 Å². The first kappa shape index (κ1) is 25.4. The van der Waals surface area contributed by atoms with Crippen molar-refractivity contribution in [3.8, 4) is 5.75 Å². The Hall–Kier alpha value is -2.25. The zero-order chi connectivity index (χ0) is 22.6. The Balaban J connectivity index is 0.00000306. The number of likely N-dealkylation sites (tertiary alicyclic amines) is 2. The molecule has 0 bridgehead atoms. The number of aryl methyl sites for hydroxylation is 1. The largest absolute Gasteiger partial charge is 0.573 e. The molecular formula is C25H30ClF3N2O2. The summed E-state index contributed by atoms with van der Waals surface area (Å²) in [6.45, 7) is 4.06. The van der Waals surface area contributed by atoms with Crippen LogP contribution in [0.3, 0.4) is 0 Å². The number of hydrogen-bond acceptors (Lipinski definition) is 3. The molecule has 8 heteroatoms. The molecule has 1 amide bonds. The van der Waals surface area contributed by atoms with Crippen LogP contribution in [0.25, 0.3) is 0 Å². The summed E-state index contributed by atoms with van der Waals surface area (Å²) in [6.07, 6.45) is 0.110. The lowest BCUT2D eigenvalue weighted by Gasteiger charge is -2.38. The van der Waals surface area contributed by atoms with Crippen molar-refractivity contribution in [3.63, 3.8) is 0 Å². The summed E-state index contributed by atoms with van der Waals surface area (Å²) in [5, 5.41) is 0. The molecule has 2 aromatic carbocycles. The minimum atomic E-state index is -4.70. The molecule has 0 aromatic heterocycles. The van der Waals surface area contributed by atoms with Crippen LogP contribution in [0, 0.1) is 5.41 Å². The van der Waals surface area contributed by atoms with Gasteiger partial charge in [0.15, 0.2) is 0 Å². The number of hydrogen-bond donors (Lipinski definition) is 0. The van der Waals surface area contributed by atoms with Gasteiger partial charge >= 0.3 is 6.36 Å². The van der Waals surface area contributed by atoms with Crippen molar-refractivity contribution in [1.82, 2.24) is 9.80 Å². The van der Waals surface area contributed by atoms with Gasteiger partial charge in [0.1, 0.15) is 5.75 Å². The van der Waals surface area contributed by atoms with Crippen molar-refractivity contribution in [2.75, 3.05) is 26.2 Å². The van der Waals surface area contributed by atoms with Crippen molar-refractivity contribution in [2.45, 2.75) is 45.0 Å². The third-order valence-electron chi connectivity index (χ3n) is 6.73. The molecule has 0 radical (unpaired) electrons. The lowest BCUT2D eigenvalue weighted by molar-refractivity contribution is -0.274. The summed E-state index contributed by atoms with van der Waals surface area (Å²) in [6, 6.07) is 16.3. The SMILES string of the molecule is Cl.O=C1N(Cc2ccc(OC(F)(F)F)cc2)CCC12CCN(CCCc1ccccc1)CC2. The average molecular weight is 483 g/mol.